The highest BCUT2D eigenvalue weighted by molar-refractivity contribution is 7.74. The molecule has 0 N–H and O–H groups in total. The van der Waals surface area contributed by atoms with Gasteiger partial charge >= 0.3 is 0 Å². The minimum absolute atomic E-state index is 0.299. The Morgan fingerprint density at radius 1 is 0.326 bits per heavy atom. The highest BCUT2D eigenvalue weighted by atomic mass is 31.1. The van der Waals surface area contributed by atoms with Crippen LogP contribution in [0.15, 0.2) is 158 Å². The standard InChI is InChI=1S/C44H44P2/c1-32-16-24-39(25-17-32)45(40-26-18-33(2)19-27-40)43(37-12-8-6-9-13-37)36(5)44(38-14-10-7-11-15-38)46(41-28-20-34(3)21-29-41)42-30-22-35(4)23-31-42/h6-31,36,43-44H,1-5H3. The van der Waals surface area contributed by atoms with Crippen molar-refractivity contribution in [1.29, 1.82) is 0 Å². The monoisotopic (exact) mass is 634 g/mol. The van der Waals surface area contributed by atoms with Crippen LogP contribution in [0.25, 0.3) is 0 Å². The number of hydrogen-bond acceptors (Lipinski definition) is 0. The van der Waals surface area contributed by atoms with Gasteiger partial charge in [-0.05, 0) is 81.8 Å². The largest absolute Gasteiger partial charge is 0.0622 e. The molecule has 230 valence electrons. The van der Waals surface area contributed by atoms with Crippen molar-refractivity contribution in [3.05, 3.63) is 191 Å². The summed E-state index contributed by atoms with van der Waals surface area (Å²) in [6.45, 7) is 11.3. The molecule has 0 aromatic heterocycles. The Balaban J connectivity index is 1.61. The van der Waals surface area contributed by atoms with Gasteiger partial charge in [-0.2, -0.15) is 0 Å². The fraction of sp³-hybridized carbons (Fsp3) is 0.182. The van der Waals surface area contributed by atoms with Crippen molar-refractivity contribution in [2.45, 2.75) is 45.9 Å². The van der Waals surface area contributed by atoms with Gasteiger partial charge in [-0.25, -0.2) is 0 Å². The van der Waals surface area contributed by atoms with Crippen molar-refractivity contribution in [3.63, 3.8) is 0 Å². The topological polar surface area (TPSA) is 0 Å². The molecular formula is C44H44P2. The zero-order valence-electron chi connectivity index (χ0n) is 27.6. The molecule has 0 spiro atoms. The summed E-state index contributed by atoms with van der Waals surface area (Å²) in [7, 11) is -1.48. The second-order valence-corrected chi connectivity index (χ2v) is 17.3. The molecule has 46 heavy (non-hydrogen) atoms. The van der Waals surface area contributed by atoms with Crippen LogP contribution in [0.1, 0.15) is 51.6 Å². The molecule has 0 radical (unpaired) electrons. The van der Waals surface area contributed by atoms with Gasteiger partial charge in [0.15, 0.2) is 0 Å². The van der Waals surface area contributed by atoms with Crippen LogP contribution in [-0.4, -0.2) is 0 Å². The second kappa shape index (κ2) is 14.7. The summed E-state index contributed by atoms with van der Waals surface area (Å²) in [6, 6.07) is 60.3. The predicted molar refractivity (Wildman–Crippen MR) is 205 cm³/mol. The lowest BCUT2D eigenvalue weighted by molar-refractivity contribution is 0.546. The lowest BCUT2D eigenvalue weighted by atomic mass is 9.93. The normalized spacial score (nSPS) is 13.5. The van der Waals surface area contributed by atoms with E-state index in [1.165, 1.54) is 54.6 Å². The zero-order chi connectivity index (χ0) is 32.0. The van der Waals surface area contributed by atoms with Crippen LogP contribution in [-0.2, 0) is 0 Å². The van der Waals surface area contributed by atoms with Gasteiger partial charge in [0, 0.05) is 11.3 Å². The number of hydrogen-bond donors (Lipinski definition) is 0. The average Bonchev–Trinajstić information content (AvgIpc) is 3.09. The van der Waals surface area contributed by atoms with E-state index in [1.54, 1.807) is 0 Å². The van der Waals surface area contributed by atoms with Crippen LogP contribution in [0.3, 0.4) is 0 Å². The first kappa shape index (κ1) is 32.1. The first-order valence-electron chi connectivity index (χ1n) is 16.3. The maximum absolute atomic E-state index is 2.55. The summed E-state index contributed by atoms with van der Waals surface area (Å²) in [6.07, 6.45) is 0. The molecule has 0 amide bonds. The molecule has 2 heteroatoms. The van der Waals surface area contributed by atoms with Crippen molar-refractivity contribution in [1.82, 2.24) is 0 Å². The van der Waals surface area contributed by atoms with Crippen LogP contribution >= 0.6 is 15.8 Å². The van der Waals surface area contributed by atoms with Crippen LogP contribution in [0.5, 0.6) is 0 Å². The summed E-state index contributed by atoms with van der Waals surface area (Å²) in [5.74, 6) is 0.326. The molecule has 0 fully saturated rings. The lowest BCUT2D eigenvalue weighted by Gasteiger charge is -2.41. The molecule has 6 rings (SSSR count). The fourth-order valence-corrected chi connectivity index (χ4v) is 12.7. The number of rotatable bonds is 10. The third kappa shape index (κ3) is 7.26. The zero-order valence-corrected chi connectivity index (χ0v) is 29.4. The van der Waals surface area contributed by atoms with Gasteiger partial charge in [0.1, 0.15) is 0 Å². The van der Waals surface area contributed by atoms with E-state index in [2.05, 4.69) is 192 Å². The van der Waals surface area contributed by atoms with Crippen LogP contribution in [0, 0.1) is 33.6 Å². The molecular weight excluding hydrogens is 590 g/mol. The van der Waals surface area contributed by atoms with E-state index >= 15 is 0 Å². The Kier molecular flexibility index (Phi) is 10.3. The molecule has 0 heterocycles. The van der Waals surface area contributed by atoms with Crippen molar-refractivity contribution in [2.24, 2.45) is 5.92 Å². The molecule has 0 aliphatic heterocycles. The van der Waals surface area contributed by atoms with Gasteiger partial charge in [0.2, 0.25) is 0 Å². The number of aryl methyl sites for hydroxylation is 4. The highest BCUT2D eigenvalue weighted by Gasteiger charge is 2.39. The van der Waals surface area contributed by atoms with Gasteiger partial charge in [0.05, 0.1) is 0 Å². The van der Waals surface area contributed by atoms with Gasteiger partial charge < -0.3 is 0 Å². The maximum atomic E-state index is 2.55. The van der Waals surface area contributed by atoms with Crippen molar-refractivity contribution < 1.29 is 0 Å². The quantitative estimate of drug-likeness (QED) is 0.132. The lowest BCUT2D eigenvalue weighted by Crippen LogP contribution is -2.28. The molecule has 6 aromatic rings. The van der Waals surface area contributed by atoms with Crippen molar-refractivity contribution in [2.75, 3.05) is 0 Å². The van der Waals surface area contributed by atoms with E-state index in [0.29, 0.717) is 17.2 Å². The maximum Gasteiger partial charge on any atom is 0.0157 e. The van der Waals surface area contributed by atoms with E-state index < -0.39 is 15.8 Å². The molecule has 0 saturated carbocycles. The molecule has 0 aliphatic carbocycles. The van der Waals surface area contributed by atoms with Crippen LogP contribution in [0.4, 0.5) is 0 Å². The second-order valence-electron chi connectivity index (χ2n) is 12.7. The van der Waals surface area contributed by atoms with Crippen LogP contribution < -0.4 is 21.2 Å². The van der Waals surface area contributed by atoms with Gasteiger partial charge in [-0.1, -0.05) is 187 Å². The molecule has 0 aliphatic rings. The Morgan fingerprint density at radius 3 is 0.804 bits per heavy atom. The minimum atomic E-state index is -0.740. The molecule has 6 aromatic carbocycles. The highest BCUT2D eigenvalue weighted by Crippen LogP contribution is 2.63. The third-order valence-corrected chi connectivity index (χ3v) is 15.2. The molecule has 0 nitrogen and oxygen atoms in total. The van der Waals surface area contributed by atoms with E-state index in [0.717, 1.165) is 0 Å². The van der Waals surface area contributed by atoms with E-state index in [9.17, 15) is 0 Å². The Bertz CT molecular complexity index is 1580. The molecule has 0 bridgehead atoms. The first-order chi connectivity index (χ1) is 22.4. The van der Waals surface area contributed by atoms with E-state index in [-0.39, 0.29) is 0 Å². The third-order valence-electron chi connectivity index (χ3n) is 9.08. The summed E-state index contributed by atoms with van der Waals surface area (Å²) in [5, 5.41) is 5.75. The molecule has 2 atom stereocenters. The molecule has 2 unspecified atom stereocenters. The van der Waals surface area contributed by atoms with E-state index in [4.69, 9.17) is 0 Å². The van der Waals surface area contributed by atoms with Gasteiger partial charge in [-0.3, -0.25) is 0 Å². The summed E-state index contributed by atoms with van der Waals surface area (Å²) in [4.78, 5) is 0. The fourth-order valence-electron chi connectivity index (χ4n) is 6.61. The van der Waals surface area contributed by atoms with Crippen molar-refractivity contribution in [3.8, 4) is 0 Å². The minimum Gasteiger partial charge on any atom is -0.0622 e. The van der Waals surface area contributed by atoms with Gasteiger partial charge in [0.25, 0.3) is 0 Å². The summed E-state index contributed by atoms with van der Waals surface area (Å²) < 4.78 is 0. The smallest absolute Gasteiger partial charge is 0.0157 e. The van der Waals surface area contributed by atoms with Crippen LogP contribution in [0.2, 0.25) is 0 Å². The van der Waals surface area contributed by atoms with E-state index in [1.807, 2.05) is 0 Å². The Labute approximate surface area is 279 Å². The molecule has 0 saturated heterocycles. The Morgan fingerprint density at radius 2 is 0.565 bits per heavy atom. The Hall–Kier alpha value is -3.82. The summed E-state index contributed by atoms with van der Waals surface area (Å²) in [5.41, 5.74) is 8.65. The average molecular weight is 635 g/mol. The predicted octanol–water partition coefficient (Wildman–Crippen LogP) is 10.6. The first-order valence-corrected chi connectivity index (χ1v) is 19.2. The SMILES string of the molecule is Cc1ccc(P(c2ccc(C)cc2)C(c2ccccc2)C(C)C(c2ccccc2)P(c2ccc(C)cc2)c2ccc(C)cc2)cc1. The van der Waals surface area contributed by atoms with Crippen molar-refractivity contribution >= 4 is 37.1 Å². The summed E-state index contributed by atoms with van der Waals surface area (Å²) >= 11 is 0. The van der Waals surface area contributed by atoms with Gasteiger partial charge in [-0.15, -0.1) is 0 Å². The number of benzene rings is 6.